The largest absolute Gasteiger partial charge is 0.395 e. The van der Waals surface area contributed by atoms with Gasteiger partial charge in [-0.05, 0) is 45.7 Å². The van der Waals surface area contributed by atoms with Crippen molar-refractivity contribution in [1.29, 1.82) is 0 Å². The molecule has 3 heteroatoms. The zero-order valence-electron chi connectivity index (χ0n) is 10.4. The van der Waals surface area contributed by atoms with Crippen molar-refractivity contribution in [3.8, 4) is 0 Å². The lowest BCUT2D eigenvalue weighted by Crippen LogP contribution is -2.47. The molecule has 1 heterocycles. The van der Waals surface area contributed by atoms with Gasteiger partial charge in [-0.15, -0.1) is 0 Å². The highest BCUT2D eigenvalue weighted by atomic mass is 16.3. The van der Waals surface area contributed by atoms with Gasteiger partial charge in [0.2, 0.25) is 0 Å². The Hall–Kier alpha value is -0.120. The number of nitrogens with zero attached hydrogens (tertiary/aromatic N) is 1. The van der Waals surface area contributed by atoms with Gasteiger partial charge in [0.25, 0.3) is 0 Å². The maximum atomic E-state index is 9.01. The molecule has 0 spiro atoms. The standard InChI is InChI=1S/C12H26N2O/c1-4-14-7-5-6-12(8-14)11(3)13-10(2)9-15/h10-13,15H,4-9H2,1-3H3. The molecule has 15 heavy (non-hydrogen) atoms. The second kappa shape index (κ2) is 6.46. The van der Waals surface area contributed by atoms with Gasteiger partial charge in [-0.3, -0.25) is 0 Å². The van der Waals surface area contributed by atoms with Gasteiger partial charge in [0.1, 0.15) is 0 Å². The Morgan fingerprint density at radius 3 is 2.80 bits per heavy atom. The predicted octanol–water partition coefficient (Wildman–Crippen LogP) is 1.08. The first-order valence-electron chi connectivity index (χ1n) is 6.26. The normalized spacial score (nSPS) is 27.6. The topological polar surface area (TPSA) is 35.5 Å². The van der Waals surface area contributed by atoms with Crippen LogP contribution in [0.5, 0.6) is 0 Å². The molecule has 0 aromatic rings. The van der Waals surface area contributed by atoms with E-state index in [9.17, 15) is 0 Å². The zero-order valence-corrected chi connectivity index (χ0v) is 10.4. The molecule has 0 bridgehead atoms. The SMILES string of the molecule is CCN1CCCC(C(C)NC(C)CO)C1. The second-order valence-electron chi connectivity index (χ2n) is 4.83. The Labute approximate surface area is 93.9 Å². The fraction of sp³-hybridized carbons (Fsp3) is 1.00. The lowest BCUT2D eigenvalue weighted by Gasteiger charge is -2.36. The molecule has 0 aliphatic carbocycles. The lowest BCUT2D eigenvalue weighted by atomic mass is 9.91. The van der Waals surface area contributed by atoms with Crippen molar-refractivity contribution in [2.75, 3.05) is 26.2 Å². The minimum atomic E-state index is 0.219. The van der Waals surface area contributed by atoms with Crippen LogP contribution in [0.25, 0.3) is 0 Å². The summed E-state index contributed by atoms with van der Waals surface area (Å²) in [5, 5.41) is 12.5. The highest BCUT2D eigenvalue weighted by Gasteiger charge is 2.24. The average Bonchev–Trinajstić information content (AvgIpc) is 2.28. The van der Waals surface area contributed by atoms with E-state index in [0.29, 0.717) is 6.04 Å². The number of nitrogens with one attached hydrogen (secondary N) is 1. The highest BCUT2D eigenvalue weighted by Crippen LogP contribution is 2.19. The molecule has 1 saturated heterocycles. The minimum Gasteiger partial charge on any atom is -0.395 e. The van der Waals surface area contributed by atoms with Crippen LogP contribution >= 0.6 is 0 Å². The molecule has 0 aromatic carbocycles. The molecule has 1 aliphatic rings. The van der Waals surface area contributed by atoms with Crippen molar-refractivity contribution < 1.29 is 5.11 Å². The Morgan fingerprint density at radius 1 is 1.47 bits per heavy atom. The van der Waals surface area contributed by atoms with Gasteiger partial charge in [-0.25, -0.2) is 0 Å². The first kappa shape index (κ1) is 12.9. The maximum absolute atomic E-state index is 9.01. The first-order chi connectivity index (χ1) is 7.17. The van der Waals surface area contributed by atoms with Crippen molar-refractivity contribution in [2.45, 2.75) is 45.7 Å². The van der Waals surface area contributed by atoms with E-state index in [1.54, 1.807) is 0 Å². The van der Waals surface area contributed by atoms with Gasteiger partial charge in [-0.2, -0.15) is 0 Å². The van der Waals surface area contributed by atoms with Gasteiger partial charge in [0, 0.05) is 18.6 Å². The fourth-order valence-electron chi connectivity index (χ4n) is 2.42. The summed E-state index contributed by atoms with van der Waals surface area (Å²) < 4.78 is 0. The number of likely N-dealkylation sites (tertiary alicyclic amines) is 1. The Balaban J connectivity index is 2.34. The summed E-state index contributed by atoms with van der Waals surface area (Å²) in [6, 6.07) is 0.735. The van der Waals surface area contributed by atoms with Gasteiger partial charge < -0.3 is 15.3 Å². The molecule has 3 atom stereocenters. The van der Waals surface area contributed by atoms with Crippen LogP contribution in [0.3, 0.4) is 0 Å². The molecule has 1 fully saturated rings. The molecule has 3 nitrogen and oxygen atoms in total. The number of hydrogen-bond donors (Lipinski definition) is 2. The number of hydrogen-bond acceptors (Lipinski definition) is 3. The molecule has 90 valence electrons. The summed E-state index contributed by atoms with van der Waals surface area (Å²) in [5.74, 6) is 0.743. The second-order valence-corrected chi connectivity index (χ2v) is 4.83. The van der Waals surface area contributed by atoms with Crippen LogP contribution in [-0.2, 0) is 0 Å². The monoisotopic (exact) mass is 214 g/mol. The van der Waals surface area contributed by atoms with Crippen molar-refractivity contribution in [1.82, 2.24) is 10.2 Å². The molecule has 0 amide bonds. The van der Waals surface area contributed by atoms with Crippen LogP contribution in [0.2, 0.25) is 0 Å². The van der Waals surface area contributed by atoms with Gasteiger partial charge in [0.05, 0.1) is 6.61 Å². The smallest absolute Gasteiger partial charge is 0.0582 e. The first-order valence-corrected chi connectivity index (χ1v) is 6.26. The Kier molecular flexibility index (Phi) is 5.58. The summed E-state index contributed by atoms with van der Waals surface area (Å²) in [4.78, 5) is 2.52. The third kappa shape index (κ3) is 4.09. The van der Waals surface area contributed by atoms with Crippen molar-refractivity contribution in [3.05, 3.63) is 0 Å². The van der Waals surface area contributed by atoms with Gasteiger partial charge in [0.15, 0.2) is 0 Å². The molecular formula is C12H26N2O. The van der Waals surface area contributed by atoms with Crippen LogP contribution in [0.1, 0.15) is 33.6 Å². The summed E-state index contributed by atoms with van der Waals surface area (Å²) in [6.45, 7) is 10.4. The van der Waals surface area contributed by atoms with Crippen LogP contribution in [-0.4, -0.2) is 48.3 Å². The zero-order chi connectivity index (χ0) is 11.3. The highest BCUT2D eigenvalue weighted by molar-refractivity contribution is 4.81. The maximum Gasteiger partial charge on any atom is 0.0582 e. The van der Waals surface area contributed by atoms with Crippen molar-refractivity contribution in [2.24, 2.45) is 5.92 Å². The lowest BCUT2D eigenvalue weighted by molar-refractivity contribution is 0.145. The molecule has 0 saturated carbocycles. The molecule has 3 unspecified atom stereocenters. The molecule has 1 rings (SSSR count). The van der Waals surface area contributed by atoms with E-state index in [0.717, 1.165) is 5.92 Å². The molecule has 0 radical (unpaired) electrons. The third-order valence-electron chi connectivity index (χ3n) is 3.52. The minimum absolute atomic E-state index is 0.219. The van der Waals surface area contributed by atoms with E-state index in [1.807, 2.05) is 6.92 Å². The summed E-state index contributed by atoms with van der Waals surface area (Å²) in [7, 11) is 0. The summed E-state index contributed by atoms with van der Waals surface area (Å²) >= 11 is 0. The molecule has 0 aromatic heterocycles. The number of aliphatic hydroxyl groups excluding tert-OH is 1. The average molecular weight is 214 g/mol. The third-order valence-corrected chi connectivity index (χ3v) is 3.52. The van der Waals surface area contributed by atoms with Gasteiger partial charge in [-0.1, -0.05) is 6.92 Å². The van der Waals surface area contributed by atoms with Crippen LogP contribution in [0.4, 0.5) is 0 Å². The van der Waals surface area contributed by atoms with Crippen LogP contribution < -0.4 is 5.32 Å². The van der Waals surface area contributed by atoms with Gasteiger partial charge >= 0.3 is 0 Å². The molecule has 1 aliphatic heterocycles. The number of piperidine rings is 1. The van der Waals surface area contributed by atoms with Crippen molar-refractivity contribution in [3.63, 3.8) is 0 Å². The van der Waals surface area contributed by atoms with E-state index < -0.39 is 0 Å². The van der Waals surface area contributed by atoms with E-state index in [-0.39, 0.29) is 12.6 Å². The van der Waals surface area contributed by atoms with E-state index >= 15 is 0 Å². The number of rotatable bonds is 5. The van der Waals surface area contributed by atoms with Crippen molar-refractivity contribution >= 4 is 0 Å². The Morgan fingerprint density at radius 2 is 2.20 bits per heavy atom. The van der Waals surface area contributed by atoms with E-state index in [4.69, 9.17) is 5.11 Å². The molecule has 2 N–H and O–H groups in total. The van der Waals surface area contributed by atoms with E-state index in [2.05, 4.69) is 24.1 Å². The van der Waals surface area contributed by atoms with Crippen LogP contribution in [0.15, 0.2) is 0 Å². The quantitative estimate of drug-likeness (QED) is 0.719. The Bertz CT molecular complexity index is 175. The summed E-state index contributed by atoms with van der Waals surface area (Å²) in [6.07, 6.45) is 2.64. The predicted molar refractivity (Wildman–Crippen MR) is 64.0 cm³/mol. The fourth-order valence-corrected chi connectivity index (χ4v) is 2.42. The van der Waals surface area contributed by atoms with Crippen LogP contribution in [0, 0.1) is 5.92 Å². The van der Waals surface area contributed by atoms with E-state index in [1.165, 1.54) is 32.5 Å². The number of aliphatic hydroxyl groups is 1. The molecular weight excluding hydrogens is 188 g/mol. The summed E-state index contributed by atoms with van der Waals surface area (Å²) in [5.41, 5.74) is 0.